The molecule has 3 aromatic rings. The van der Waals surface area contributed by atoms with Gasteiger partial charge in [0.15, 0.2) is 6.29 Å². The van der Waals surface area contributed by atoms with Gasteiger partial charge in [0.25, 0.3) is 0 Å². The molecule has 150 valence electrons. The van der Waals surface area contributed by atoms with Crippen molar-refractivity contribution in [2.24, 2.45) is 0 Å². The minimum Gasteiger partial charge on any atom is -0.298 e. The zero-order chi connectivity index (χ0) is 22.2. The minimum atomic E-state index is -1.00. The van der Waals surface area contributed by atoms with Gasteiger partial charge in [-0.25, -0.2) is 9.97 Å². The summed E-state index contributed by atoms with van der Waals surface area (Å²) >= 11 is 27.4. The number of rotatable bonds is 1. The Morgan fingerprint density at radius 3 is 1.97 bits per heavy atom. The van der Waals surface area contributed by atoms with Gasteiger partial charge < -0.3 is 0 Å². The molecule has 3 heterocycles. The van der Waals surface area contributed by atoms with Crippen molar-refractivity contribution in [3.05, 3.63) is 85.6 Å². The van der Waals surface area contributed by atoms with Crippen molar-refractivity contribution in [2.45, 2.75) is 6.92 Å². The van der Waals surface area contributed by atoms with Crippen molar-refractivity contribution in [3.63, 3.8) is 0 Å². The number of aryl methyl sites for hydroxylation is 1. The van der Waals surface area contributed by atoms with E-state index in [9.17, 15) is 9.18 Å². The molecule has 0 saturated carbocycles. The van der Waals surface area contributed by atoms with Crippen LogP contribution in [0.5, 0.6) is 0 Å². The summed E-state index contributed by atoms with van der Waals surface area (Å²) in [4.78, 5) is 21.5. The van der Waals surface area contributed by atoms with Crippen LogP contribution in [-0.4, -0.2) is 28.4 Å². The Hall–Kier alpha value is -0.903. The second-order valence-electron chi connectivity index (χ2n) is 4.46. The number of hydrogen-bond acceptors (Lipinski definition) is 4. The molecule has 0 aliphatic rings. The number of carbonyl (C=O) groups excluding carboxylic acids is 1. The number of alkyl halides is 1. The molecule has 0 unspecified atom stereocenters. The molecule has 29 heavy (non-hydrogen) atoms. The molecule has 0 N–H and O–H groups in total. The Kier molecular flexibility index (Phi) is 17.4. The van der Waals surface area contributed by atoms with Crippen molar-refractivity contribution in [2.75, 3.05) is 7.15 Å². The zero-order valence-corrected chi connectivity index (χ0v) is 19.1. The van der Waals surface area contributed by atoms with Gasteiger partial charge in [-0.05, 0) is 30.7 Å². The van der Waals surface area contributed by atoms with Crippen LogP contribution in [0.3, 0.4) is 0 Å². The van der Waals surface area contributed by atoms with E-state index >= 15 is 0 Å². The molecule has 0 amide bonds. The van der Waals surface area contributed by atoms with Gasteiger partial charge in [-0.2, -0.15) is 12.1 Å². The number of hydrogen-bond donors (Lipinski definition) is 0. The topological polar surface area (TPSA) is 55.7 Å². The van der Waals surface area contributed by atoms with E-state index in [2.05, 4.69) is 21.0 Å². The third-order valence-electron chi connectivity index (χ3n) is 2.60. The molecule has 3 rings (SSSR count). The molecular weight excluding hydrogens is 477 g/mol. The minimum absolute atomic E-state index is 0. The maximum Gasteiger partial charge on any atom is 1.00 e. The van der Waals surface area contributed by atoms with Gasteiger partial charge in [-0.1, -0.05) is 52.6 Å². The first-order chi connectivity index (χ1) is 13.7. The number of aromatic nitrogens is 3. The number of halogens is 6. The Labute approximate surface area is 207 Å². The van der Waals surface area contributed by atoms with Gasteiger partial charge in [0.05, 0.1) is 14.1 Å². The predicted octanol–water partition coefficient (Wildman–Crippen LogP) is 4.02. The van der Waals surface area contributed by atoms with E-state index in [1.54, 1.807) is 36.7 Å². The SMILES string of the molecule is Cc1ccnc(Cl)c1C=O.Clc1[c-]c(Cl)ncc1.Clc1ccnc(Cl)c1.[2H]CF.[Li+]. The van der Waals surface area contributed by atoms with Crippen LogP contribution in [0.15, 0.2) is 42.9 Å². The van der Waals surface area contributed by atoms with Crippen molar-refractivity contribution < 1.29 is 29.4 Å². The Balaban J connectivity index is 0. The molecule has 0 radical (unpaired) electrons. The molecular formula is C18H14Cl5FLiN3O. The van der Waals surface area contributed by atoms with Crippen LogP contribution in [0.25, 0.3) is 0 Å². The number of aldehydes is 1. The summed E-state index contributed by atoms with van der Waals surface area (Å²) in [5, 5.41) is 2.11. The molecule has 3 aromatic heterocycles. The van der Waals surface area contributed by atoms with E-state index in [-0.39, 0.29) is 24.0 Å². The molecule has 0 atom stereocenters. The zero-order valence-electron chi connectivity index (χ0n) is 16.3. The molecule has 0 fully saturated rings. The van der Waals surface area contributed by atoms with Crippen LogP contribution in [-0.2, 0) is 0 Å². The first-order valence-electron chi connectivity index (χ1n) is 7.83. The average molecular weight is 493 g/mol. The number of carbonyl (C=O) groups is 1. The quantitative estimate of drug-likeness (QED) is 0.223. The Bertz CT molecular complexity index is 798. The standard InChI is InChI=1S/C7H6ClNO.C5H3Cl2N.C5H2Cl2N.CH3F.Li/c1-5-2-3-9-7(8)6(5)4-10;2*6-4-1-2-8-5(7)3-4;1-2;/h2-4H,1H3;1-3H;1-2H;1H3;/q;;-1;;+1/i;;;1D;. The Morgan fingerprint density at radius 1 is 1.03 bits per heavy atom. The van der Waals surface area contributed by atoms with Crippen molar-refractivity contribution in [3.8, 4) is 0 Å². The first-order valence-corrected chi connectivity index (χ1v) is 9.02. The molecule has 0 aliphatic carbocycles. The van der Waals surface area contributed by atoms with E-state index in [0.717, 1.165) is 5.56 Å². The van der Waals surface area contributed by atoms with E-state index in [1.807, 2.05) is 6.92 Å². The fraction of sp³-hybridized carbons (Fsp3) is 0.111. The van der Waals surface area contributed by atoms with Gasteiger partial charge in [0.1, 0.15) is 10.3 Å². The fourth-order valence-corrected chi connectivity index (χ4v) is 2.39. The van der Waals surface area contributed by atoms with Gasteiger partial charge in [0.2, 0.25) is 0 Å². The number of nitrogens with zero attached hydrogens (tertiary/aromatic N) is 3. The first kappa shape index (κ1) is 28.1. The van der Waals surface area contributed by atoms with Crippen molar-refractivity contribution >= 4 is 64.3 Å². The van der Waals surface area contributed by atoms with Gasteiger partial charge in [0, 0.05) is 22.6 Å². The second-order valence-corrected chi connectivity index (χ2v) is 6.40. The van der Waals surface area contributed by atoms with Crippen molar-refractivity contribution in [1.82, 2.24) is 15.0 Å². The molecule has 0 saturated heterocycles. The summed E-state index contributed by atoms with van der Waals surface area (Å²) in [6.45, 7) is 1.82. The largest absolute Gasteiger partial charge is 1.00 e. The summed E-state index contributed by atoms with van der Waals surface area (Å²) in [5.41, 5.74) is 1.33. The van der Waals surface area contributed by atoms with Crippen LogP contribution in [0.4, 0.5) is 4.39 Å². The smallest absolute Gasteiger partial charge is 0.298 e. The maximum absolute atomic E-state index is 10.3. The Morgan fingerprint density at radius 2 is 1.62 bits per heavy atom. The van der Waals surface area contributed by atoms with E-state index < -0.39 is 7.15 Å². The van der Waals surface area contributed by atoms with Gasteiger partial charge in [-0.15, -0.1) is 16.6 Å². The summed E-state index contributed by atoms with van der Waals surface area (Å²) < 4.78 is 15.5. The summed E-state index contributed by atoms with van der Waals surface area (Å²) in [6, 6.07) is 9.21. The van der Waals surface area contributed by atoms with Crippen LogP contribution in [0.2, 0.25) is 25.5 Å². The van der Waals surface area contributed by atoms with E-state index in [0.29, 0.717) is 32.2 Å². The van der Waals surface area contributed by atoms with E-state index in [4.69, 9.17) is 59.4 Å². The van der Waals surface area contributed by atoms with Crippen molar-refractivity contribution in [1.29, 1.82) is 0 Å². The summed E-state index contributed by atoms with van der Waals surface area (Å²) in [5.74, 6) is 0. The van der Waals surface area contributed by atoms with Gasteiger partial charge in [-0.3, -0.25) is 14.2 Å². The summed E-state index contributed by atoms with van der Waals surface area (Å²) in [6.07, 6.45) is 5.38. The average Bonchev–Trinajstić information content (AvgIpc) is 2.63. The molecule has 0 aliphatic heterocycles. The molecule has 11 heteroatoms. The third kappa shape index (κ3) is 13.9. The van der Waals surface area contributed by atoms with Crippen LogP contribution < -0.4 is 18.9 Å². The van der Waals surface area contributed by atoms with Gasteiger partial charge >= 0.3 is 18.9 Å². The number of pyridine rings is 3. The molecule has 0 aromatic carbocycles. The molecule has 0 bridgehead atoms. The molecule has 0 spiro atoms. The predicted molar refractivity (Wildman–Crippen MR) is 114 cm³/mol. The fourth-order valence-electron chi connectivity index (χ4n) is 1.40. The maximum atomic E-state index is 10.3. The molecule has 4 nitrogen and oxygen atoms in total. The third-order valence-corrected chi connectivity index (χ3v) is 3.75. The van der Waals surface area contributed by atoms with Crippen LogP contribution in [0.1, 0.15) is 17.3 Å². The second kappa shape index (κ2) is 17.9. The normalized spacial score (nSPS) is 9.00. The monoisotopic (exact) mass is 490 g/mol. The van der Waals surface area contributed by atoms with Crippen LogP contribution in [0, 0.1) is 13.0 Å². The summed E-state index contributed by atoms with van der Waals surface area (Å²) in [7, 11) is -1.00. The van der Waals surface area contributed by atoms with Crippen LogP contribution >= 0.6 is 58.0 Å². The van der Waals surface area contributed by atoms with E-state index in [1.165, 1.54) is 6.20 Å².